The zero-order valence-electron chi connectivity index (χ0n) is 18.3. The third-order valence-corrected chi connectivity index (χ3v) is 7.44. The second-order valence-electron chi connectivity index (χ2n) is 8.22. The number of nitrogens with one attached hydrogen (secondary N) is 1. The monoisotopic (exact) mass is 441 g/mol. The number of thiophene rings is 1. The van der Waals surface area contributed by atoms with Gasteiger partial charge in [0.1, 0.15) is 11.1 Å². The highest BCUT2D eigenvalue weighted by Crippen LogP contribution is 2.38. The number of anilines is 1. The van der Waals surface area contributed by atoms with Crippen molar-refractivity contribution >= 4 is 33.1 Å². The smallest absolute Gasteiger partial charge is 0.257 e. The van der Waals surface area contributed by atoms with Gasteiger partial charge in [0.15, 0.2) is 0 Å². The van der Waals surface area contributed by atoms with Gasteiger partial charge in [0.25, 0.3) is 5.91 Å². The van der Waals surface area contributed by atoms with Gasteiger partial charge >= 0.3 is 0 Å². The lowest BCUT2D eigenvalue weighted by Gasteiger charge is -2.11. The Bertz CT molecular complexity index is 1420. The Balaban J connectivity index is 1.62. The molecule has 3 aromatic heterocycles. The number of rotatable bonds is 3. The zero-order valence-corrected chi connectivity index (χ0v) is 19.1. The van der Waals surface area contributed by atoms with E-state index in [0.717, 1.165) is 64.8 Å². The first-order valence-electron chi connectivity index (χ1n) is 10.7. The Morgan fingerprint density at radius 1 is 1.22 bits per heavy atom. The molecule has 0 atom stereocenters. The molecular formula is C25H23N5OS. The fourth-order valence-corrected chi connectivity index (χ4v) is 5.81. The summed E-state index contributed by atoms with van der Waals surface area (Å²) in [5.41, 5.74) is 6.56. The molecule has 6 nitrogen and oxygen atoms in total. The predicted molar refractivity (Wildman–Crippen MR) is 127 cm³/mol. The molecule has 0 unspecified atom stereocenters. The molecule has 1 aromatic carbocycles. The topological polar surface area (TPSA) is 83.6 Å². The lowest BCUT2D eigenvalue weighted by Crippen LogP contribution is -2.13. The second kappa shape index (κ2) is 7.88. The Labute approximate surface area is 190 Å². The number of para-hydroxylation sites is 1. The van der Waals surface area contributed by atoms with Gasteiger partial charge in [-0.3, -0.25) is 9.48 Å². The molecule has 1 N–H and O–H groups in total. The summed E-state index contributed by atoms with van der Waals surface area (Å²) in [5.74, 6) is -0.223. The maximum absolute atomic E-state index is 13.5. The molecule has 0 bridgehead atoms. The van der Waals surface area contributed by atoms with E-state index in [1.807, 2.05) is 55.9 Å². The summed E-state index contributed by atoms with van der Waals surface area (Å²) in [7, 11) is 1.91. The molecule has 0 radical (unpaired) electrons. The van der Waals surface area contributed by atoms with Gasteiger partial charge in [-0.15, -0.1) is 11.3 Å². The van der Waals surface area contributed by atoms with Gasteiger partial charge in [-0.1, -0.05) is 18.2 Å². The van der Waals surface area contributed by atoms with Crippen LogP contribution in [0.15, 0.2) is 30.3 Å². The van der Waals surface area contributed by atoms with Crippen molar-refractivity contribution in [2.24, 2.45) is 7.05 Å². The van der Waals surface area contributed by atoms with Gasteiger partial charge in [0.2, 0.25) is 0 Å². The fraction of sp³-hybridized carbons (Fsp3) is 0.280. The van der Waals surface area contributed by atoms with Crippen molar-refractivity contribution in [3.05, 3.63) is 63.3 Å². The minimum Gasteiger partial charge on any atom is -0.312 e. The highest BCUT2D eigenvalue weighted by atomic mass is 32.1. The van der Waals surface area contributed by atoms with Crippen LogP contribution < -0.4 is 5.32 Å². The van der Waals surface area contributed by atoms with Crippen LogP contribution in [0.4, 0.5) is 5.00 Å². The SMILES string of the molecule is Cc1nn(C)c(C)c1-c1cc(C(=O)Nc2sc3c(c2C#N)CCCC3)c2ccccc2n1. The Morgan fingerprint density at radius 2 is 2.00 bits per heavy atom. The molecule has 7 heteroatoms. The molecule has 160 valence electrons. The third kappa shape index (κ3) is 3.28. The summed E-state index contributed by atoms with van der Waals surface area (Å²) in [4.78, 5) is 19.6. The number of nitrogens with zero attached hydrogens (tertiary/aromatic N) is 4. The average Bonchev–Trinajstić information content (AvgIpc) is 3.27. The molecule has 3 heterocycles. The van der Waals surface area contributed by atoms with E-state index >= 15 is 0 Å². The van der Waals surface area contributed by atoms with Crippen LogP contribution in [0.3, 0.4) is 0 Å². The summed E-state index contributed by atoms with van der Waals surface area (Å²) in [5, 5.41) is 18.8. The Kier molecular flexibility index (Phi) is 5.03. The maximum Gasteiger partial charge on any atom is 0.257 e. The van der Waals surface area contributed by atoms with E-state index in [1.54, 1.807) is 11.3 Å². The van der Waals surface area contributed by atoms with E-state index in [-0.39, 0.29) is 5.91 Å². The van der Waals surface area contributed by atoms with Crippen LogP contribution in [0.5, 0.6) is 0 Å². The number of amides is 1. The van der Waals surface area contributed by atoms with Crippen LogP contribution in [0.25, 0.3) is 22.2 Å². The van der Waals surface area contributed by atoms with Gasteiger partial charge in [0.05, 0.1) is 28.0 Å². The molecule has 1 amide bonds. The van der Waals surface area contributed by atoms with Crippen molar-refractivity contribution in [2.75, 3.05) is 5.32 Å². The van der Waals surface area contributed by atoms with E-state index < -0.39 is 0 Å². The predicted octanol–water partition coefficient (Wildman–Crippen LogP) is 5.32. The quantitative estimate of drug-likeness (QED) is 0.467. The molecule has 1 aliphatic carbocycles. The van der Waals surface area contributed by atoms with Crippen molar-refractivity contribution in [3.8, 4) is 17.3 Å². The van der Waals surface area contributed by atoms with Crippen molar-refractivity contribution in [1.82, 2.24) is 14.8 Å². The number of aryl methyl sites for hydroxylation is 3. The molecule has 0 saturated heterocycles. The summed E-state index contributed by atoms with van der Waals surface area (Å²) < 4.78 is 1.83. The van der Waals surface area contributed by atoms with Crippen LogP contribution >= 0.6 is 11.3 Å². The lowest BCUT2D eigenvalue weighted by atomic mass is 9.96. The summed E-state index contributed by atoms with van der Waals surface area (Å²) in [6.45, 7) is 3.95. The first kappa shape index (κ1) is 20.4. The molecular weight excluding hydrogens is 418 g/mol. The van der Waals surface area contributed by atoms with Gasteiger partial charge < -0.3 is 5.32 Å². The van der Waals surface area contributed by atoms with Gasteiger partial charge in [-0.2, -0.15) is 10.4 Å². The third-order valence-electron chi connectivity index (χ3n) is 6.24. The first-order valence-corrected chi connectivity index (χ1v) is 11.6. The molecule has 0 aliphatic heterocycles. The number of nitriles is 1. The standard InChI is InChI=1S/C25H23N5OS/c1-14-23(15(2)30(3)29-14)21-12-18(16-8-4-6-10-20(16)27-21)24(31)28-25-19(13-26)17-9-5-7-11-22(17)32-25/h4,6,8,10,12H,5,7,9,11H2,1-3H3,(H,28,31). The first-order chi connectivity index (χ1) is 15.5. The molecule has 5 rings (SSSR count). The number of benzene rings is 1. The zero-order chi connectivity index (χ0) is 22.4. The lowest BCUT2D eigenvalue weighted by molar-refractivity contribution is 0.102. The molecule has 1 aliphatic rings. The largest absolute Gasteiger partial charge is 0.312 e. The van der Waals surface area contributed by atoms with Crippen molar-refractivity contribution < 1.29 is 4.79 Å². The van der Waals surface area contributed by atoms with Gasteiger partial charge in [0, 0.05) is 28.6 Å². The van der Waals surface area contributed by atoms with Crippen molar-refractivity contribution in [2.45, 2.75) is 39.5 Å². The van der Waals surface area contributed by atoms with Crippen LogP contribution in [0.2, 0.25) is 0 Å². The number of carbonyl (C=O) groups is 1. The molecule has 0 fully saturated rings. The van der Waals surface area contributed by atoms with Gasteiger partial charge in [-0.05, 0) is 57.2 Å². The van der Waals surface area contributed by atoms with Crippen LogP contribution in [-0.4, -0.2) is 20.7 Å². The molecule has 0 spiro atoms. The average molecular weight is 442 g/mol. The summed E-state index contributed by atoms with van der Waals surface area (Å²) in [6, 6.07) is 11.8. The minimum absolute atomic E-state index is 0.223. The summed E-state index contributed by atoms with van der Waals surface area (Å²) in [6.07, 6.45) is 4.11. The van der Waals surface area contributed by atoms with E-state index in [9.17, 15) is 10.1 Å². The number of carbonyl (C=O) groups excluding carboxylic acids is 1. The number of hydrogen-bond donors (Lipinski definition) is 1. The van der Waals surface area contributed by atoms with E-state index in [2.05, 4.69) is 16.5 Å². The van der Waals surface area contributed by atoms with E-state index in [0.29, 0.717) is 16.1 Å². The highest BCUT2D eigenvalue weighted by molar-refractivity contribution is 7.16. The van der Waals surface area contributed by atoms with E-state index in [4.69, 9.17) is 4.98 Å². The molecule has 4 aromatic rings. The number of pyridine rings is 1. The van der Waals surface area contributed by atoms with Crippen LogP contribution in [0, 0.1) is 25.2 Å². The highest BCUT2D eigenvalue weighted by Gasteiger charge is 2.24. The molecule has 0 saturated carbocycles. The second-order valence-corrected chi connectivity index (χ2v) is 9.33. The maximum atomic E-state index is 13.5. The van der Waals surface area contributed by atoms with Crippen LogP contribution in [-0.2, 0) is 19.9 Å². The fourth-order valence-electron chi connectivity index (χ4n) is 4.58. The Hall–Kier alpha value is -3.50. The summed E-state index contributed by atoms with van der Waals surface area (Å²) >= 11 is 1.54. The van der Waals surface area contributed by atoms with E-state index in [1.165, 1.54) is 4.88 Å². The Morgan fingerprint density at radius 3 is 2.75 bits per heavy atom. The number of fused-ring (bicyclic) bond motifs is 2. The molecule has 32 heavy (non-hydrogen) atoms. The minimum atomic E-state index is -0.223. The van der Waals surface area contributed by atoms with Gasteiger partial charge in [-0.25, -0.2) is 4.98 Å². The normalized spacial score (nSPS) is 13.1. The van der Waals surface area contributed by atoms with Crippen molar-refractivity contribution in [1.29, 1.82) is 5.26 Å². The van der Waals surface area contributed by atoms with Crippen LogP contribution in [0.1, 0.15) is 50.6 Å². The number of hydrogen-bond acceptors (Lipinski definition) is 5. The van der Waals surface area contributed by atoms with Crippen molar-refractivity contribution in [3.63, 3.8) is 0 Å². The number of aromatic nitrogens is 3.